The van der Waals surface area contributed by atoms with Crippen molar-refractivity contribution in [3.8, 4) is 0 Å². The number of rotatable bonds is 4. The number of carboxylic acids is 1. The number of fused-ring (bicyclic) bond motifs is 1. The van der Waals surface area contributed by atoms with E-state index >= 15 is 0 Å². The number of allylic oxidation sites excluding steroid dienone is 1. The summed E-state index contributed by atoms with van der Waals surface area (Å²) in [6, 6.07) is 2.09. The number of carboxylic acid groups (broad SMARTS) is 1. The molecule has 2 atom stereocenters. The van der Waals surface area contributed by atoms with Gasteiger partial charge in [0.05, 0.1) is 0 Å². The molecular weight excluding hydrogens is 240 g/mol. The van der Waals surface area contributed by atoms with Crippen LogP contribution in [0.25, 0.3) is 5.57 Å². The average molecular weight is 258 g/mol. The standard InChI is InChI=1S/C15H18N2O2/c18-15(19)2-1-10-3-12(7-16-6-10)11-4-13-8-17-9-14(13)5-11/h3-4,6-7,13-14,17H,1-2,5,8-9H2,(H,18,19). The van der Waals surface area contributed by atoms with Crippen LogP contribution in [0.4, 0.5) is 0 Å². The first-order valence-corrected chi connectivity index (χ1v) is 6.80. The molecule has 0 bridgehead atoms. The van der Waals surface area contributed by atoms with E-state index in [1.165, 1.54) is 5.57 Å². The molecule has 2 heterocycles. The van der Waals surface area contributed by atoms with Crippen LogP contribution in [0.2, 0.25) is 0 Å². The van der Waals surface area contributed by atoms with Gasteiger partial charge in [0.1, 0.15) is 0 Å². The third-order valence-electron chi connectivity index (χ3n) is 4.08. The summed E-state index contributed by atoms with van der Waals surface area (Å²) in [6.07, 6.45) is 7.86. The fraction of sp³-hybridized carbons (Fsp3) is 0.467. The van der Waals surface area contributed by atoms with E-state index in [0.717, 1.165) is 36.6 Å². The minimum atomic E-state index is -0.758. The van der Waals surface area contributed by atoms with E-state index in [2.05, 4.69) is 22.4 Å². The average Bonchev–Trinajstić information content (AvgIpc) is 2.97. The summed E-state index contributed by atoms with van der Waals surface area (Å²) in [5.41, 5.74) is 3.55. The molecule has 0 spiro atoms. The lowest BCUT2D eigenvalue weighted by atomic mass is 9.98. The summed E-state index contributed by atoms with van der Waals surface area (Å²) in [5, 5.41) is 12.1. The van der Waals surface area contributed by atoms with Gasteiger partial charge in [-0.15, -0.1) is 0 Å². The normalized spacial score (nSPS) is 25.2. The quantitative estimate of drug-likeness (QED) is 0.863. The Balaban J connectivity index is 1.74. The van der Waals surface area contributed by atoms with Crippen molar-refractivity contribution in [2.75, 3.05) is 13.1 Å². The van der Waals surface area contributed by atoms with Gasteiger partial charge in [-0.2, -0.15) is 0 Å². The molecule has 19 heavy (non-hydrogen) atoms. The van der Waals surface area contributed by atoms with Crippen LogP contribution >= 0.6 is 0 Å². The summed E-state index contributed by atoms with van der Waals surface area (Å²) in [4.78, 5) is 14.9. The third-order valence-corrected chi connectivity index (χ3v) is 4.08. The molecule has 1 aromatic rings. The van der Waals surface area contributed by atoms with E-state index in [1.807, 2.05) is 6.20 Å². The summed E-state index contributed by atoms with van der Waals surface area (Å²) >= 11 is 0. The second kappa shape index (κ2) is 5.13. The number of aryl methyl sites for hydroxylation is 1. The number of nitrogens with one attached hydrogen (secondary N) is 1. The molecule has 1 fully saturated rings. The van der Waals surface area contributed by atoms with Gasteiger partial charge < -0.3 is 10.4 Å². The number of nitrogens with zero attached hydrogens (tertiary/aromatic N) is 1. The van der Waals surface area contributed by atoms with Gasteiger partial charge in [0.2, 0.25) is 0 Å². The molecule has 0 amide bonds. The number of pyridine rings is 1. The zero-order chi connectivity index (χ0) is 13.2. The SMILES string of the molecule is O=C(O)CCc1cncc(C2=CC3CNCC3C2)c1. The van der Waals surface area contributed by atoms with E-state index in [0.29, 0.717) is 12.3 Å². The first-order chi connectivity index (χ1) is 9.22. The van der Waals surface area contributed by atoms with Gasteiger partial charge in [0, 0.05) is 25.4 Å². The second-order valence-electron chi connectivity index (χ2n) is 5.45. The Kier molecular flexibility index (Phi) is 3.34. The lowest BCUT2D eigenvalue weighted by Gasteiger charge is -2.07. The smallest absolute Gasteiger partial charge is 0.303 e. The van der Waals surface area contributed by atoms with Gasteiger partial charge in [0.25, 0.3) is 0 Å². The highest BCUT2D eigenvalue weighted by atomic mass is 16.4. The fourth-order valence-corrected chi connectivity index (χ4v) is 3.05. The minimum Gasteiger partial charge on any atom is -0.481 e. The fourth-order valence-electron chi connectivity index (χ4n) is 3.05. The molecule has 3 rings (SSSR count). The van der Waals surface area contributed by atoms with Gasteiger partial charge in [-0.1, -0.05) is 6.08 Å². The molecule has 4 heteroatoms. The van der Waals surface area contributed by atoms with E-state index in [9.17, 15) is 4.79 Å². The molecule has 0 saturated carbocycles. The van der Waals surface area contributed by atoms with E-state index < -0.39 is 5.97 Å². The van der Waals surface area contributed by atoms with Gasteiger partial charge in [0.15, 0.2) is 0 Å². The van der Waals surface area contributed by atoms with Crippen molar-refractivity contribution in [2.45, 2.75) is 19.3 Å². The molecule has 2 aliphatic rings. The topological polar surface area (TPSA) is 62.2 Å². The summed E-state index contributed by atoms with van der Waals surface area (Å²) in [6.45, 7) is 2.19. The first-order valence-electron chi connectivity index (χ1n) is 6.80. The van der Waals surface area contributed by atoms with Crippen molar-refractivity contribution in [1.29, 1.82) is 0 Å². The van der Waals surface area contributed by atoms with Crippen molar-refractivity contribution >= 4 is 11.5 Å². The zero-order valence-electron chi connectivity index (χ0n) is 10.8. The third kappa shape index (κ3) is 2.68. The lowest BCUT2D eigenvalue weighted by Crippen LogP contribution is -2.09. The highest BCUT2D eigenvalue weighted by Crippen LogP contribution is 2.38. The monoisotopic (exact) mass is 258 g/mol. The molecule has 1 aliphatic carbocycles. The molecule has 4 nitrogen and oxygen atoms in total. The highest BCUT2D eigenvalue weighted by Gasteiger charge is 2.31. The van der Waals surface area contributed by atoms with E-state index in [-0.39, 0.29) is 6.42 Å². The van der Waals surface area contributed by atoms with Crippen LogP contribution in [-0.4, -0.2) is 29.1 Å². The predicted molar refractivity (Wildman–Crippen MR) is 72.6 cm³/mol. The van der Waals surface area contributed by atoms with Crippen LogP contribution in [0.1, 0.15) is 24.0 Å². The van der Waals surface area contributed by atoms with Crippen LogP contribution < -0.4 is 5.32 Å². The molecule has 0 radical (unpaired) electrons. The molecule has 2 unspecified atom stereocenters. The van der Waals surface area contributed by atoms with Gasteiger partial charge in [-0.3, -0.25) is 9.78 Å². The maximum atomic E-state index is 10.6. The molecule has 100 valence electrons. The van der Waals surface area contributed by atoms with E-state index in [1.54, 1.807) is 6.20 Å². The molecule has 1 aromatic heterocycles. The minimum absolute atomic E-state index is 0.166. The Morgan fingerprint density at radius 3 is 3.11 bits per heavy atom. The van der Waals surface area contributed by atoms with Crippen LogP contribution in [0, 0.1) is 11.8 Å². The number of aliphatic carboxylic acids is 1. The largest absolute Gasteiger partial charge is 0.481 e. The first kappa shape index (κ1) is 12.4. The van der Waals surface area contributed by atoms with Crippen molar-refractivity contribution in [2.24, 2.45) is 11.8 Å². The number of hydrogen-bond acceptors (Lipinski definition) is 3. The Morgan fingerprint density at radius 1 is 1.42 bits per heavy atom. The van der Waals surface area contributed by atoms with Crippen LogP contribution in [0.3, 0.4) is 0 Å². The summed E-state index contributed by atoms with van der Waals surface area (Å²) in [7, 11) is 0. The zero-order valence-corrected chi connectivity index (χ0v) is 10.8. The maximum absolute atomic E-state index is 10.6. The number of hydrogen-bond donors (Lipinski definition) is 2. The summed E-state index contributed by atoms with van der Waals surface area (Å²) in [5.74, 6) is 0.640. The number of carbonyl (C=O) groups is 1. The van der Waals surface area contributed by atoms with Gasteiger partial charge in [-0.25, -0.2) is 0 Å². The lowest BCUT2D eigenvalue weighted by molar-refractivity contribution is -0.136. The van der Waals surface area contributed by atoms with Crippen LogP contribution in [-0.2, 0) is 11.2 Å². The Labute approximate surface area is 112 Å². The highest BCUT2D eigenvalue weighted by molar-refractivity contribution is 5.69. The van der Waals surface area contributed by atoms with Crippen molar-refractivity contribution in [3.05, 3.63) is 35.7 Å². The Bertz CT molecular complexity index is 525. The molecular formula is C15H18N2O2. The number of aromatic nitrogens is 1. The van der Waals surface area contributed by atoms with Crippen molar-refractivity contribution in [1.82, 2.24) is 10.3 Å². The Morgan fingerprint density at radius 2 is 2.32 bits per heavy atom. The molecule has 2 N–H and O–H groups in total. The second-order valence-corrected chi connectivity index (χ2v) is 5.45. The van der Waals surface area contributed by atoms with E-state index in [4.69, 9.17) is 5.11 Å². The van der Waals surface area contributed by atoms with Crippen molar-refractivity contribution < 1.29 is 9.90 Å². The maximum Gasteiger partial charge on any atom is 0.303 e. The van der Waals surface area contributed by atoms with Crippen molar-refractivity contribution in [3.63, 3.8) is 0 Å². The Hall–Kier alpha value is -1.68. The molecule has 1 aliphatic heterocycles. The predicted octanol–water partition coefficient (Wildman–Crippen LogP) is 1.72. The van der Waals surface area contributed by atoms with Crippen LogP contribution in [0.5, 0.6) is 0 Å². The van der Waals surface area contributed by atoms with Crippen LogP contribution in [0.15, 0.2) is 24.5 Å². The van der Waals surface area contributed by atoms with Gasteiger partial charge in [-0.05, 0) is 54.0 Å². The molecule has 1 saturated heterocycles. The molecule has 0 aromatic carbocycles. The summed E-state index contributed by atoms with van der Waals surface area (Å²) < 4.78 is 0. The van der Waals surface area contributed by atoms with Gasteiger partial charge >= 0.3 is 5.97 Å².